The normalized spacial score (nSPS) is 12.2. The molecule has 0 fully saturated rings. The topological polar surface area (TPSA) is 84.5 Å². The van der Waals surface area contributed by atoms with Crippen molar-refractivity contribution in [2.75, 3.05) is 7.11 Å². The van der Waals surface area contributed by atoms with E-state index in [9.17, 15) is 13.2 Å². The molecular formula is C24H26N2O4S. The second-order valence-electron chi connectivity index (χ2n) is 7.20. The maximum absolute atomic E-state index is 13.0. The van der Waals surface area contributed by atoms with Crippen LogP contribution in [0.3, 0.4) is 0 Å². The maximum Gasteiger partial charge on any atom is 0.241 e. The Balaban J connectivity index is 1.81. The predicted octanol–water partition coefficient (Wildman–Crippen LogP) is 3.21. The molecule has 1 amide bonds. The number of hydrogen-bond donors (Lipinski definition) is 2. The number of amides is 1. The average Bonchev–Trinajstić information content (AvgIpc) is 2.78. The Morgan fingerprint density at radius 3 is 2.13 bits per heavy atom. The van der Waals surface area contributed by atoms with E-state index in [4.69, 9.17) is 4.74 Å². The monoisotopic (exact) mass is 438 g/mol. The van der Waals surface area contributed by atoms with Crippen molar-refractivity contribution < 1.29 is 17.9 Å². The molecule has 0 aliphatic carbocycles. The molecule has 0 spiro atoms. The molecule has 1 atom stereocenters. The Hall–Kier alpha value is -3.16. The predicted molar refractivity (Wildman–Crippen MR) is 120 cm³/mol. The molecule has 6 nitrogen and oxygen atoms in total. The Bertz CT molecular complexity index is 1120. The standard InChI is InChI=1S/C24H26N2O4S/c1-18-15-21(13-14-23(18)30-2)31(28,29)26-22(16-19-9-5-3-6-10-19)24(27)25-17-20-11-7-4-8-12-20/h3-15,22,26H,16-17H2,1-2H3,(H,25,27)/t22-/m0/s1. The van der Waals surface area contributed by atoms with Crippen LogP contribution >= 0.6 is 0 Å². The Kier molecular flexibility index (Phi) is 7.44. The molecule has 7 heteroatoms. The number of methoxy groups -OCH3 is 1. The van der Waals surface area contributed by atoms with Crippen molar-refractivity contribution >= 4 is 15.9 Å². The van der Waals surface area contributed by atoms with E-state index in [-0.39, 0.29) is 17.2 Å². The molecule has 0 unspecified atom stereocenters. The van der Waals surface area contributed by atoms with Crippen LogP contribution in [-0.2, 0) is 27.8 Å². The van der Waals surface area contributed by atoms with Crippen LogP contribution in [0.15, 0.2) is 83.8 Å². The lowest BCUT2D eigenvalue weighted by Crippen LogP contribution is -2.47. The fourth-order valence-corrected chi connectivity index (χ4v) is 4.50. The molecular weight excluding hydrogens is 412 g/mol. The number of ether oxygens (including phenoxy) is 1. The van der Waals surface area contributed by atoms with Crippen LogP contribution in [0.5, 0.6) is 5.75 Å². The zero-order chi connectivity index (χ0) is 22.3. The SMILES string of the molecule is COc1ccc(S(=O)(=O)N[C@@H](Cc2ccccc2)C(=O)NCc2ccccc2)cc1C. The summed E-state index contributed by atoms with van der Waals surface area (Å²) in [5.41, 5.74) is 2.48. The second kappa shape index (κ2) is 10.2. The highest BCUT2D eigenvalue weighted by molar-refractivity contribution is 7.89. The molecule has 0 aliphatic rings. The second-order valence-corrected chi connectivity index (χ2v) is 8.91. The molecule has 0 radical (unpaired) electrons. The van der Waals surface area contributed by atoms with Gasteiger partial charge in [-0.05, 0) is 48.2 Å². The fraction of sp³-hybridized carbons (Fsp3) is 0.208. The van der Waals surface area contributed by atoms with Crippen LogP contribution in [-0.4, -0.2) is 27.5 Å². The lowest BCUT2D eigenvalue weighted by atomic mass is 10.1. The van der Waals surface area contributed by atoms with E-state index < -0.39 is 16.1 Å². The summed E-state index contributed by atoms with van der Waals surface area (Å²) in [5.74, 6) is 0.210. The first-order chi connectivity index (χ1) is 14.9. The number of hydrogen-bond acceptors (Lipinski definition) is 4. The molecule has 0 aromatic heterocycles. The number of rotatable bonds is 9. The molecule has 0 saturated heterocycles. The summed E-state index contributed by atoms with van der Waals surface area (Å²) in [6.45, 7) is 2.08. The molecule has 31 heavy (non-hydrogen) atoms. The highest BCUT2D eigenvalue weighted by Gasteiger charge is 2.26. The maximum atomic E-state index is 13.0. The van der Waals surface area contributed by atoms with Crippen LogP contribution in [0.2, 0.25) is 0 Å². The highest BCUT2D eigenvalue weighted by atomic mass is 32.2. The molecule has 0 bridgehead atoms. The van der Waals surface area contributed by atoms with Gasteiger partial charge in [-0.25, -0.2) is 8.42 Å². The van der Waals surface area contributed by atoms with Gasteiger partial charge in [-0.15, -0.1) is 0 Å². The molecule has 0 saturated carbocycles. The molecule has 162 valence electrons. The van der Waals surface area contributed by atoms with Crippen molar-refractivity contribution in [3.05, 3.63) is 95.6 Å². The summed E-state index contributed by atoms with van der Waals surface area (Å²) in [4.78, 5) is 13.0. The summed E-state index contributed by atoms with van der Waals surface area (Å²) in [6, 6.07) is 22.4. The van der Waals surface area contributed by atoms with E-state index in [1.807, 2.05) is 60.7 Å². The summed E-state index contributed by atoms with van der Waals surface area (Å²) in [6.07, 6.45) is 0.232. The van der Waals surface area contributed by atoms with E-state index in [1.165, 1.54) is 19.2 Å². The fourth-order valence-electron chi connectivity index (χ4n) is 3.22. The molecule has 0 aliphatic heterocycles. The molecule has 2 N–H and O–H groups in total. The van der Waals surface area contributed by atoms with Crippen LogP contribution in [0.4, 0.5) is 0 Å². The van der Waals surface area contributed by atoms with Crippen LogP contribution in [0, 0.1) is 6.92 Å². The molecule has 3 aromatic carbocycles. The van der Waals surface area contributed by atoms with Crippen molar-refractivity contribution in [1.29, 1.82) is 0 Å². The van der Waals surface area contributed by atoms with Gasteiger partial charge in [-0.1, -0.05) is 60.7 Å². The number of benzene rings is 3. The van der Waals surface area contributed by atoms with Gasteiger partial charge in [-0.3, -0.25) is 4.79 Å². The lowest BCUT2D eigenvalue weighted by molar-refractivity contribution is -0.122. The number of carbonyl (C=O) groups is 1. The Morgan fingerprint density at radius 2 is 1.55 bits per heavy atom. The minimum absolute atomic E-state index is 0.0831. The van der Waals surface area contributed by atoms with E-state index in [0.717, 1.165) is 11.1 Å². The first-order valence-corrected chi connectivity index (χ1v) is 11.4. The van der Waals surface area contributed by atoms with E-state index in [1.54, 1.807) is 13.0 Å². The van der Waals surface area contributed by atoms with Crippen LogP contribution < -0.4 is 14.8 Å². The van der Waals surface area contributed by atoms with Gasteiger partial charge in [0.25, 0.3) is 0 Å². The molecule has 3 aromatic rings. The zero-order valence-corrected chi connectivity index (χ0v) is 18.4. The van der Waals surface area contributed by atoms with Gasteiger partial charge in [0.05, 0.1) is 12.0 Å². The highest BCUT2D eigenvalue weighted by Crippen LogP contribution is 2.21. The third kappa shape index (κ3) is 6.16. The van der Waals surface area contributed by atoms with Crippen molar-refractivity contribution in [3.8, 4) is 5.75 Å². The van der Waals surface area contributed by atoms with E-state index in [0.29, 0.717) is 17.9 Å². The third-order valence-electron chi connectivity index (χ3n) is 4.88. The quantitative estimate of drug-likeness (QED) is 0.537. The smallest absolute Gasteiger partial charge is 0.241 e. The van der Waals surface area contributed by atoms with Crippen LogP contribution in [0.25, 0.3) is 0 Å². The Labute approximate surface area is 183 Å². The largest absolute Gasteiger partial charge is 0.496 e. The van der Waals surface area contributed by atoms with Gasteiger partial charge in [0.15, 0.2) is 0 Å². The lowest BCUT2D eigenvalue weighted by Gasteiger charge is -2.19. The number of carbonyl (C=O) groups excluding carboxylic acids is 1. The van der Waals surface area contributed by atoms with Crippen molar-refractivity contribution in [2.45, 2.75) is 30.8 Å². The first-order valence-electron chi connectivity index (χ1n) is 9.91. The van der Waals surface area contributed by atoms with Gasteiger partial charge in [-0.2, -0.15) is 4.72 Å². The summed E-state index contributed by atoms with van der Waals surface area (Å²) < 4.78 is 33.8. The minimum Gasteiger partial charge on any atom is -0.496 e. The van der Waals surface area contributed by atoms with E-state index in [2.05, 4.69) is 10.0 Å². The summed E-state index contributed by atoms with van der Waals surface area (Å²) in [5, 5.41) is 2.84. The molecule has 3 rings (SSSR count). The Morgan fingerprint density at radius 1 is 0.935 bits per heavy atom. The van der Waals surface area contributed by atoms with Gasteiger partial charge in [0.2, 0.25) is 15.9 Å². The molecule has 0 heterocycles. The third-order valence-corrected chi connectivity index (χ3v) is 6.35. The van der Waals surface area contributed by atoms with Crippen molar-refractivity contribution in [1.82, 2.24) is 10.0 Å². The number of aryl methyl sites for hydroxylation is 1. The average molecular weight is 439 g/mol. The summed E-state index contributed by atoms with van der Waals surface area (Å²) >= 11 is 0. The minimum atomic E-state index is -3.92. The number of sulfonamides is 1. The first kappa shape index (κ1) is 22.5. The van der Waals surface area contributed by atoms with Gasteiger partial charge in [0.1, 0.15) is 11.8 Å². The van der Waals surface area contributed by atoms with Gasteiger partial charge in [0, 0.05) is 6.54 Å². The summed E-state index contributed by atoms with van der Waals surface area (Å²) in [7, 11) is -2.39. The van der Waals surface area contributed by atoms with E-state index >= 15 is 0 Å². The van der Waals surface area contributed by atoms with Crippen molar-refractivity contribution in [3.63, 3.8) is 0 Å². The van der Waals surface area contributed by atoms with Gasteiger partial charge >= 0.3 is 0 Å². The zero-order valence-electron chi connectivity index (χ0n) is 17.5. The van der Waals surface area contributed by atoms with Crippen LogP contribution in [0.1, 0.15) is 16.7 Å². The van der Waals surface area contributed by atoms with Crippen molar-refractivity contribution in [2.24, 2.45) is 0 Å². The van der Waals surface area contributed by atoms with Gasteiger partial charge < -0.3 is 10.1 Å². The number of nitrogens with one attached hydrogen (secondary N) is 2.